The van der Waals surface area contributed by atoms with Crippen LogP contribution in [-0.2, 0) is 11.4 Å². The zero-order valence-corrected chi connectivity index (χ0v) is 15.7. The van der Waals surface area contributed by atoms with Gasteiger partial charge in [-0.1, -0.05) is 53.5 Å². The van der Waals surface area contributed by atoms with Gasteiger partial charge in [-0.05, 0) is 53.6 Å². The quantitative estimate of drug-likeness (QED) is 0.544. The molecule has 4 rings (SSSR count). The van der Waals surface area contributed by atoms with Gasteiger partial charge in [0.15, 0.2) is 0 Å². The first-order chi connectivity index (χ1) is 13.1. The molecule has 0 saturated heterocycles. The number of amides is 1. The first kappa shape index (κ1) is 17.7. The summed E-state index contributed by atoms with van der Waals surface area (Å²) in [4.78, 5) is 12.2. The molecule has 0 fully saturated rings. The summed E-state index contributed by atoms with van der Waals surface area (Å²) in [6.07, 6.45) is 1.86. The third-order valence-electron chi connectivity index (χ3n) is 4.27. The van der Waals surface area contributed by atoms with Gasteiger partial charge in [-0.3, -0.25) is 4.79 Å². The Hall–Kier alpha value is -2.75. The molecule has 1 heterocycles. The zero-order chi connectivity index (χ0) is 18.8. The van der Waals surface area contributed by atoms with Gasteiger partial charge in [0.1, 0.15) is 12.4 Å². The lowest BCUT2D eigenvalue weighted by atomic mass is 10.0. The van der Waals surface area contributed by atoms with Crippen LogP contribution in [0.15, 0.2) is 66.7 Å². The Labute approximate surface area is 167 Å². The second-order valence-electron chi connectivity index (χ2n) is 6.19. The topological polar surface area (TPSA) is 38.3 Å². The van der Waals surface area contributed by atoms with Gasteiger partial charge in [-0.25, -0.2) is 0 Å². The van der Waals surface area contributed by atoms with Crippen LogP contribution >= 0.6 is 23.2 Å². The number of benzene rings is 3. The molecule has 0 atom stereocenters. The lowest BCUT2D eigenvalue weighted by Gasteiger charge is -2.07. The van der Waals surface area contributed by atoms with Gasteiger partial charge in [0, 0.05) is 21.2 Å². The molecule has 0 spiro atoms. The van der Waals surface area contributed by atoms with Crippen LogP contribution in [-0.4, -0.2) is 5.91 Å². The van der Waals surface area contributed by atoms with Crippen LogP contribution in [0.2, 0.25) is 10.0 Å². The van der Waals surface area contributed by atoms with E-state index < -0.39 is 0 Å². The minimum Gasteiger partial charge on any atom is -0.489 e. The standard InChI is InChI=1S/C22H15Cl2NO2/c23-16-5-1-15(2-6-16)13-27-18-8-3-14(4-9-18)11-20-19-10-7-17(24)12-21(19)25-22(20)26/h1-12H,13H2,(H,25,26)/b20-11+. The molecule has 3 nitrogen and oxygen atoms in total. The molecule has 0 unspecified atom stereocenters. The Morgan fingerprint density at radius 3 is 2.33 bits per heavy atom. The summed E-state index contributed by atoms with van der Waals surface area (Å²) in [5.41, 5.74) is 4.18. The molecular weight excluding hydrogens is 381 g/mol. The Kier molecular flexibility index (Phi) is 4.88. The summed E-state index contributed by atoms with van der Waals surface area (Å²) in [5.74, 6) is 0.630. The van der Waals surface area contributed by atoms with Crippen molar-refractivity contribution >= 4 is 46.4 Å². The zero-order valence-electron chi connectivity index (χ0n) is 14.2. The first-order valence-electron chi connectivity index (χ1n) is 8.39. The lowest BCUT2D eigenvalue weighted by Crippen LogP contribution is -2.03. The summed E-state index contributed by atoms with van der Waals surface area (Å²) in [6.45, 7) is 0.466. The second-order valence-corrected chi connectivity index (χ2v) is 7.06. The van der Waals surface area contributed by atoms with Crippen molar-refractivity contribution in [3.05, 3.63) is 93.5 Å². The fourth-order valence-electron chi connectivity index (χ4n) is 2.88. The Balaban J connectivity index is 1.49. The number of hydrogen-bond acceptors (Lipinski definition) is 2. The minimum absolute atomic E-state index is 0.129. The van der Waals surface area contributed by atoms with Crippen LogP contribution in [0.4, 0.5) is 5.69 Å². The van der Waals surface area contributed by atoms with E-state index in [1.54, 1.807) is 12.1 Å². The highest BCUT2D eigenvalue weighted by molar-refractivity contribution is 6.36. The van der Waals surface area contributed by atoms with Gasteiger partial charge >= 0.3 is 0 Å². The summed E-state index contributed by atoms with van der Waals surface area (Å²) in [5, 5.41) is 4.14. The normalized spacial score (nSPS) is 14.1. The number of nitrogens with one attached hydrogen (secondary N) is 1. The molecule has 0 radical (unpaired) electrons. The number of anilines is 1. The Morgan fingerprint density at radius 1 is 0.889 bits per heavy atom. The van der Waals surface area contributed by atoms with Crippen LogP contribution < -0.4 is 10.1 Å². The van der Waals surface area contributed by atoms with E-state index in [2.05, 4.69) is 5.32 Å². The van der Waals surface area contributed by atoms with E-state index in [-0.39, 0.29) is 5.91 Å². The Morgan fingerprint density at radius 2 is 1.59 bits per heavy atom. The highest BCUT2D eigenvalue weighted by Crippen LogP contribution is 2.35. The highest BCUT2D eigenvalue weighted by atomic mass is 35.5. The van der Waals surface area contributed by atoms with Crippen LogP contribution in [0.5, 0.6) is 5.75 Å². The van der Waals surface area contributed by atoms with Crippen molar-refractivity contribution in [1.29, 1.82) is 0 Å². The number of halogens is 2. The van der Waals surface area contributed by atoms with Gasteiger partial charge in [-0.15, -0.1) is 0 Å². The molecule has 0 saturated carbocycles. The molecule has 1 aliphatic rings. The van der Waals surface area contributed by atoms with E-state index in [1.165, 1.54) is 0 Å². The largest absolute Gasteiger partial charge is 0.489 e. The molecular formula is C22H15Cl2NO2. The summed E-state index contributed by atoms with van der Waals surface area (Å²) in [6, 6.07) is 20.6. The van der Waals surface area contributed by atoms with Crippen molar-refractivity contribution in [3.8, 4) is 5.75 Å². The molecule has 134 valence electrons. The molecule has 1 amide bonds. The van der Waals surface area contributed by atoms with Gasteiger partial charge < -0.3 is 10.1 Å². The van der Waals surface area contributed by atoms with Crippen molar-refractivity contribution < 1.29 is 9.53 Å². The van der Waals surface area contributed by atoms with Crippen molar-refractivity contribution in [2.75, 3.05) is 5.32 Å². The molecule has 1 N–H and O–H groups in total. The maximum absolute atomic E-state index is 12.2. The van der Waals surface area contributed by atoms with E-state index in [0.29, 0.717) is 22.2 Å². The summed E-state index contributed by atoms with van der Waals surface area (Å²) < 4.78 is 5.79. The second kappa shape index (κ2) is 7.47. The van der Waals surface area contributed by atoms with E-state index in [4.69, 9.17) is 27.9 Å². The van der Waals surface area contributed by atoms with Gasteiger partial charge in [0.2, 0.25) is 0 Å². The maximum Gasteiger partial charge on any atom is 0.256 e. The molecule has 27 heavy (non-hydrogen) atoms. The van der Waals surface area contributed by atoms with Crippen molar-refractivity contribution in [1.82, 2.24) is 0 Å². The molecule has 0 bridgehead atoms. The highest BCUT2D eigenvalue weighted by Gasteiger charge is 2.23. The molecule has 3 aromatic carbocycles. The number of carbonyl (C=O) groups excluding carboxylic acids is 1. The fourth-order valence-corrected chi connectivity index (χ4v) is 3.18. The summed E-state index contributed by atoms with van der Waals surface area (Å²) >= 11 is 11.9. The van der Waals surface area contributed by atoms with Crippen molar-refractivity contribution in [2.24, 2.45) is 0 Å². The van der Waals surface area contributed by atoms with Crippen LogP contribution in [0.25, 0.3) is 11.6 Å². The molecule has 1 aliphatic heterocycles. The monoisotopic (exact) mass is 395 g/mol. The van der Waals surface area contributed by atoms with Gasteiger partial charge in [0.25, 0.3) is 5.91 Å². The van der Waals surface area contributed by atoms with E-state index >= 15 is 0 Å². The third kappa shape index (κ3) is 4.00. The number of hydrogen-bond donors (Lipinski definition) is 1. The average Bonchev–Trinajstić information content (AvgIpc) is 2.97. The Bertz CT molecular complexity index is 1030. The van der Waals surface area contributed by atoms with Gasteiger partial charge in [0.05, 0.1) is 5.69 Å². The maximum atomic E-state index is 12.2. The lowest BCUT2D eigenvalue weighted by molar-refractivity contribution is -0.110. The minimum atomic E-state index is -0.129. The number of carbonyl (C=O) groups is 1. The first-order valence-corrected chi connectivity index (χ1v) is 9.14. The van der Waals surface area contributed by atoms with Crippen LogP contribution in [0.3, 0.4) is 0 Å². The predicted molar refractivity (Wildman–Crippen MR) is 110 cm³/mol. The molecule has 3 aromatic rings. The molecule has 5 heteroatoms. The van der Waals surface area contributed by atoms with E-state index in [1.807, 2.05) is 60.7 Å². The average molecular weight is 396 g/mol. The number of ether oxygens (including phenoxy) is 1. The summed E-state index contributed by atoms with van der Waals surface area (Å²) in [7, 11) is 0. The number of fused-ring (bicyclic) bond motifs is 1. The number of rotatable bonds is 4. The van der Waals surface area contributed by atoms with Crippen LogP contribution in [0.1, 0.15) is 16.7 Å². The third-order valence-corrected chi connectivity index (χ3v) is 4.76. The smallest absolute Gasteiger partial charge is 0.256 e. The molecule has 0 aromatic heterocycles. The predicted octanol–water partition coefficient (Wildman–Crippen LogP) is 6.07. The fraction of sp³-hybridized carbons (Fsp3) is 0.0455. The van der Waals surface area contributed by atoms with Crippen molar-refractivity contribution in [3.63, 3.8) is 0 Å². The van der Waals surface area contributed by atoms with Crippen LogP contribution in [0, 0.1) is 0 Å². The van der Waals surface area contributed by atoms with Gasteiger partial charge in [-0.2, -0.15) is 0 Å². The van der Waals surface area contributed by atoms with E-state index in [9.17, 15) is 4.79 Å². The van der Waals surface area contributed by atoms with Crippen molar-refractivity contribution in [2.45, 2.75) is 6.61 Å². The van der Waals surface area contributed by atoms with E-state index in [0.717, 1.165) is 28.1 Å². The SMILES string of the molecule is O=C1Nc2cc(Cl)ccc2/C1=C\c1ccc(OCc2ccc(Cl)cc2)cc1. The molecule has 0 aliphatic carbocycles.